The van der Waals surface area contributed by atoms with Crippen molar-refractivity contribution in [2.75, 3.05) is 6.54 Å². The Morgan fingerprint density at radius 3 is 3.00 bits per heavy atom. The zero-order valence-electron chi connectivity index (χ0n) is 10.00. The first kappa shape index (κ1) is 11.8. The molecule has 0 amide bonds. The SMILES string of the molecule is C#CCCCCNCc1c[nH]c2ccccc12. The second kappa shape index (κ2) is 6.12. The van der Waals surface area contributed by atoms with Crippen molar-refractivity contribution in [3.63, 3.8) is 0 Å². The maximum Gasteiger partial charge on any atom is 0.0457 e. The summed E-state index contributed by atoms with van der Waals surface area (Å²) in [5.41, 5.74) is 2.54. The van der Waals surface area contributed by atoms with Crippen LogP contribution in [0.25, 0.3) is 10.9 Å². The first-order chi connectivity index (χ1) is 8.42. The van der Waals surface area contributed by atoms with E-state index < -0.39 is 0 Å². The average Bonchev–Trinajstić information content (AvgIpc) is 2.77. The van der Waals surface area contributed by atoms with E-state index in [-0.39, 0.29) is 0 Å². The Labute approximate surface area is 102 Å². The van der Waals surface area contributed by atoms with E-state index in [2.05, 4.69) is 46.7 Å². The average molecular weight is 226 g/mol. The molecule has 0 bridgehead atoms. The number of H-pyrrole nitrogens is 1. The Morgan fingerprint density at radius 2 is 2.12 bits per heavy atom. The summed E-state index contributed by atoms with van der Waals surface area (Å²) in [6.45, 7) is 1.95. The second-order valence-electron chi connectivity index (χ2n) is 4.20. The van der Waals surface area contributed by atoms with E-state index in [4.69, 9.17) is 6.42 Å². The summed E-state index contributed by atoms with van der Waals surface area (Å²) >= 11 is 0. The van der Waals surface area contributed by atoms with Crippen LogP contribution in [0.3, 0.4) is 0 Å². The summed E-state index contributed by atoms with van der Waals surface area (Å²) in [5.74, 6) is 2.66. The number of rotatable bonds is 6. The number of para-hydroxylation sites is 1. The molecule has 0 spiro atoms. The number of aromatic nitrogens is 1. The van der Waals surface area contributed by atoms with Crippen molar-refractivity contribution in [2.24, 2.45) is 0 Å². The number of hydrogen-bond donors (Lipinski definition) is 2. The standard InChI is InChI=1S/C15H18N2/c1-2-3-4-7-10-16-11-13-12-17-15-9-6-5-8-14(13)15/h1,5-6,8-9,12,16-17H,3-4,7,10-11H2. The topological polar surface area (TPSA) is 27.8 Å². The maximum atomic E-state index is 5.21. The molecule has 2 nitrogen and oxygen atoms in total. The Kier molecular flexibility index (Phi) is 4.23. The van der Waals surface area contributed by atoms with Crippen LogP contribution in [0.15, 0.2) is 30.5 Å². The van der Waals surface area contributed by atoms with Crippen molar-refractivity contribution in [1.29, 1.82) is 0 Å². The largest absolute Gasteiger partial charge is 0.361 e. The molecule has 0 aliphatic heterocycles. The fourth-order valence-electron chi connectivity index (χ4n) is 1.98. The highest BCUT2D eigenvalue weighted by Crippen LogP contribution is 2.17. The lowest BCUT2D eigenvalue weighted by molar-refractivity contribution is 0.631. The molecule has 0 saturated heterocycles. The Balaban J connectivity index is 1.81. The lowest BCUT2D eigenvalue weighted by Crippen LogP contribution is -2.14. The monoisotopic (exact) mass is 226 g/mol. The number of aromatic amines is 1. The van der Waals surface area contributed by atoms with Gasteiger partial charge in [-0.1, -0.05) is 18.2 Å². The predicted octanol–water partition coefficient (Wildman–Crippen LogP) is 3.06. The van der Waals surface area contributed by atoms with Crippen molar-refractivity contribution in [3.8, 4) is 12.3 Å². The van der Waals surface area contributed by atoms with Gasteiger partial charge in [-0.05, 0) is 31.0 Å². The molecule has 2 heteroatoms. The molecule has 0 atom stereocenters. The van der Waals surface area contributed by atoms with E-state index >= 15 is 0 Å². The third kappa shape index (κ3) is 3.12. The minimum atomic E-state index is 0.884. The van der Waals surface area contributed by atoms with Gasteiger partial charge in [0.1, 0.15) is 0 Å². The number of benzene rings is 1. The number of unbranched alkanes of at least 4 members (excludes halogenated alkanes) is 2. The van der Waals surface area contributed by atoms with Gasteiger partial charge in [-0.15, -0.1) is 12.3 Å². The maximum absolute atomic E-state index is 5.21. The van der Waals surface area contributed by atoms with Crippen molar-refractivity contribution < 1.29 is 0 Å². The minimum absolute atomic E-state index is 0.884. The molecular formula is C15H18N2. The molecule has 2 rings (SSSR count). The Morgan fingerprint density at radius 1 is 1.24 bits per heavy atom. The van der Waals surface area contributed by atoms with Crippen molar-refractivity contribution >= 4 is 10.9 Å². The number of nitrogens with one attached hydrogen (secondary N) is 2. The van der Waals surface area contributed by atoms with E-state index in [1.165, 1.54) is 16.5 Å². The molecule has 1 aromatic heterocycles. The summed E-state index contributed by atoms with van der Waals surface area (Å²) in [6.07, 6.45) is 10.4. The fraction of sp³-hybridized carbons (Fsp3) is 0.333. The van der Waals surface area contributed by atoms with Crippen LogP contribution >= 0.6 is 0 Å². The molecule has 1 heterocycles. The van der Waals surface area contributed by atoms with Crippen LogP contribution in [-0.2, 0) is 6.54 Å². The second-order valence-corrected chi connectivity index (χ2v) is 4.20. The molecule has 0 aliphatic carbocycles. The number of terminal acetylenes is 1. The van der Waals surface area contributed by atoms with Gasteiger partial charge >= 0.3 is 0 Å². The van der Waals surface area contributed by atoms with Crippen LogP contribution < -0.4 is 5.32 Å². The number of hydrogen-bond acceptors (Lipinski definition) is 1. The van der Waals surface area contributed by atoms with Gasteiger partial charge < -0.3 is 10.3 Å². The van der Waals surface area contributed by atoms with Gasteiger partial charge in [0.25, 0.3) is 0 Å². The van der Waals surface area contributed by atoms with Gasteiger partial charge in [0.15, 0.2) is 0 Å². The van der Waals surface area contributed by atoms with Gasteiger partial charge in [-0.25, -0.2) is 0 Å². The smallest absolute Gasteiger partial charge is 0.0457 e. The van der Waals surface area contributed by atoms with Gasteiger partial charge in [0.2, 0.25) is 0 Å². The Hall–Kier alpha value is -1.72. The van der Waals surface area contributed by atoms with Crippen LogP contribution in [0.1, 0.15) is 24.8 Å². The van der Waals surface area contributed by atoms with E-state index in [1.54, 1.807) is 0 Å². The molecule has 2 N–H and O–H groups in total. The first-order valence-electron chi connectivity index (χ1n) is 6.11. The highest BCUT2D eigenvalue weighted by molar-refractivity contribution is 5.82. The quantitative estimate of drug-likeness (QED) is 0.575. The summed E-state index contributed by atoms with van der Waals surface area (Å²) < 4.78 is 0. The summed E-state index contributed by atoms with van der Waals surface area (Å²) in [5, 5.41) is 4.76. The zero-order valence-corrected chi connectivity index (χ0v) is 10.00. The molecule has 88 valence electrons. The van der Waals surface area contributed by atoms with Gasteiger partial charge in [-0.3, -0.25) is 0 Å². The van der Waals surface area contributed by atoms with Crippen LogP contribution in [0.4, 0.5) is 0 Å². The highest BCUT2D eigenvalue weighted by Gasteiger charge is 2.01. The van der Waals surface area contributed by atoms with Crippen molar-refractivity contribution in [3.05, 3.63) is 36.0 Å². The summed E-state index contributed by atoms with van der Waals surface area (Å²) in [4.78, 5) is 3.28. The van der Waals surface area contributed by atoms with E-state index in [9.17, 15) is 0 Å². The molecule has 0 radical (unpaired) electrons. The van der Waals surface area contributed by atoms with Crippen LogP contribution in [-0.4, -0.2) is 11.5 Å². The first-order valence-corrected chi connectivity index (χ1v) is 6.11. The van der Waals surface area contributed by atoms with Crippen LogP contribution in [0.5, 0.6) is 0 Å². The Bertz CT molecular complexity index is 505. The normalized spacial score (nSPS) is 10.5. The van der Waals surface area contributed by atoms with E-state index in [1.807, 2.05) is 0 Å². The lowest BCUT2D eigenvalue weighted by atomic mass is 10.2. The fourth-order valence-corrected chi connectivity index (χ4v) is 1.98. The summed E-state index contributed by atoms with van der Waals surface area (Å²) in [7, 11) is 0. The predicted molar refractivity (Wildman–Crippen MR) is 72.7 cm³/mol. The van der Waals surface area contributed by atoms with Gasteiger partial charge in [0, 0.05) is 30.1 Å². The highest BCUT2D eigenvalue weighted by atomic mass is 14.9. The molecule has 0 saturated carbocycles. The van der Waals surface area contributed by atoms with Crippen molar-refractivity contribution in [2.45, 2.75) is 25.8 Å². The molecule has 0 aliphatic rings. The van der Waals surface area contributed by atoms with Gasteiger partial charge in [-0.2, -0.15) is 0 Å². The third-order valence-electron chi connectivity index (χ3n) is 2.92. The summed E-state index contributed by atoms with van der Waals surface area (Å²) in [6, 6.07) is 8.38. The number of fused-ring (bicyclic) bond motifs is 1. The van der Waals surface area contributed by atoms with E-state index in [0.29, 0.717) is 0 Å². The molecule has 2 aromatic rings. The molecular weight excluding hydrogens is 208 g/mol. The van der Waals surface area contributed by atoms with Crippen molar-refractivity contribution in [1.82, 2.24) is 10.3 Å². The molecule has 0 fully saturated rings. The third-order valence-corrected chi connectivity index (χ3v) is 2.92. The molecule has 0 unspecified atom stereocenters. The van der Waals surface area contributed by atoms with E-state index in [0.717, 1.165) is 32.4 Å². The van der Waals surface area contributed by atoms with Gasteiger partial charge in [0.05, 0.1) is 0 Å². The van der Waals surface area contributed by atoms with Crippen LogP contribution in [0.2, 0.25) is 0 Å². The molecule has 1 aromatic carbocycles. The molecule has 17 heavy (non-hydrogen) atoms. The van der Waals surface area contributed by atoms with Crippen LogP contribution in [0, 0.1) is 12.3 Å². The minimum Gasteiger partial charge on any atom is -0.361 e. The zero-order chi connectivity index (χ0) is 11.9. The lowest BCUT2D eigenvalue weighted by Gasteiger charge is -2.02.